The van der Waals surface area contributed by atoms with Crippen molar-refractivity contribution in [2.24, 2.45) is 5.10 Å². The van der Waals surface area contributed by atoms with Crippen molar-refractivity contribution in [2.75, 3.05) is 6.61 Å². The van der Waals surface area contributed by atoms with E-state index in [0.717, 1.165) is 17.0 Å². The van der Waals surface area contributed by atoms with E-state index in [4.69, 9.17) is 27.9 Å². The maximum atomic E-state index is 11.8. The molecule has 0 saturated heterocycles. The average molecular weight is 399 g/mol. The highest BCUT2D eigenvalue weighted by Crippen LogP contribution is 2.27. The van der Waals surface area contributed by atoms with Crippen LogP contribution in [-0.4, -0.2) is 18.2 Å². The van der Waals surface area contributed by atoms with Crippen LogP contribution in [0.4, 0.5) is 0 Å². The number of carbonyl (C=O) groups excluding carboxylic acids is 1. The Bertz CT molecular complexity index is 759. The summed E-state index contributed by atoms with van der Waals surface area (Å²) in [5, 5.41) is 5.17. The molecule has 0 aliphatic carbocycles. The third kappa shape index (κ3) is 6.34. The molecule has 0 atom stereocenters. The topological polar surface area (TPSA) is 50.7 Å². The smallest absolute Gasteiger partial charge is 0.240 e. The van der Waals surface area contributed by atoms with Crippen LogP contribution in [0.2, 0.25) is 10.0 Å². The van der Waals surface area contributed by atoms with Crippen molar-refractivity contribution in [2.45, 2.75) is 33.1 Å². The van der Waals surface area contributed by atoms with Crippen LogP contribution < -0.4 is 10.2 Å². The van der Waals surface area contributed by atoms with Crippen LogP contribution in [0.25, 0.3) is 0 Å². The predicted molar refractivity (Wildman–Crippen MR) is 105 cm³/mol. The fourth-order valence-corrected chi connectivity index (χ4v) is 3.38. The lowest BCUT2D eigenvalue weighted by atomic mass is 10.3. The van der Waals surface area contributed by atoms with Crippen molar-refractivity contribution in [3.8, 4) is 5.75 Å². The Labute approximate surface area is 161 Å². The van der Waals surface area contributed by atoms with Crippen molar-refractivity contribution < 1.29 is 9.53 Å². The zero-order chi connectivity index (χ0) is 18.2. The van der Waals surface area contributed by atoms with E-state index in [9.17, 15) is 4.79 Å². The first-order chi connectivity index (χ1) is 12.0. The molecule has 0 aliphatic heterocycles. The highest BCUT2D eigenvalue weighted by Gasteiger charge is 2.06. The molecule has 0 saturated carbocycles. The molecular weight excluding hydrogens is 379 g/mol. The fraction of sp³-hybridized carbons (Fsp3) is 0.333. The number of thiophene rings is 1. The summed E-state index contributed by atoms with van der Waals surface area (Å²) < 4.78 is 5.55. The van der Waals surface area contributed by atoms with Gasteiger partial charge in [0.2, 0.25) is 5.91 Å². The van der Waals surface area contributed by atoms with Gasteiger partial charge >= 0.3 is 0 Å². The zero-order valence-corrected chi connectivity index (χ0v) is 16.5. The Morgan fingerprint density at radius 3 is 2.76 bits per heavy atom. The zero-order valence-electron chi connectivity index (χ0n) is 14.1. The maximum absolute atomic E-state index is 11.8. The summed E-state index contributed by atoms with van der Waals surface area (Å²) in [6, 6.07) is 9.15. The lowest BCUT2D eigenvalue weighted by Crippen LogP contribution is -2.19. The average Bonchev–Trinajstić information content (AvgIpc) is 3.07. The lowest BCUT2D eigenvalue weighted by Gasteiger charge is -2.07. The van der Waals surface area contributed by atoms with Crippen LogP contribution in [0, 0.1) is 0 Å². The molecule has 0 radical (unpaired) electrons. The number of carbonyl (C=O) groups is 1. The molecule has 2 rings (SSSR count). The van der Waals surface area contributed by atoms with Gasteiger partial charge in [0.05, 0.1) is 22.2 Å². The van der Waals surface area contributed by atoms with Crippen molar-refractivity contribution >= 4 is 46.2 Å². The molecule has 134 valence electrons. The van der Waals surface area contributed by atoms with E-state index in [1.807, 2.05) is 13.0 Å². The van der Waals surface area contributed by atoms with Crippen molar-refractivity contribution in [3.05, 3.63) is 50.1 Å². The molecule has 2 aromatic rings. The Balaban J connectivity index is 1.72. The molecule has 4 nitrogen and oxygen atoms in total. The van der Waals surface area contributed by atoms with Gasteiger partial charge in [-0.25, -0.2) is 5.43 Å². The van der Waals surface area contributed by atoms with Gasteiger partial charge in [-0.15, -0.1) is 11.3 Å². The van der Waals surface area contributed by atoms with Gasteiger partial charge in [-0.2, -0.15) is 5.10 Å². The van der Waals surface area contributed by atoms with E-state index >= 15 is 0 Å². The molecule has 0 unspecified atom stereocenters. The molecule has 1 aromatic carbocycles. The monoisotopic (exact) mass is 398 g/mol. The van der Waals surface area contributed by atoms with Gasteiger partial charge in [0.15, 0.2) is 0 Å². The number of halogens is 2. The molecule has 1 heterocycles. The Kier molecular flexibility index (Phi) is 7.75. The van der Waals surface area contributed by atoms with E-state index in [2.05, 4.69) is 23.5 Å². The number of nitrogens with one attached hydrogen (secondary N) is 1. The van der Waals surface area contributed by atoms with Crippen LogP contribution in [0.1, 0.15) is 36.4 Å². The standard InChI is InChI=1S/C18H20Cl2N2O2S/c1-3-14-7-9-17(25-14)12(2)21-22-18(23)5-4-10-24-16-8-6-13(19)11-15(16)20/h6-9,11H,3-5,10H2,1-2H3,(H,22,23). The molecule has 25 heavy (non-hydrogen) atoms. The summed E-state index contributed by atoms with van der Waals surface area (Å²) in [7, 11) is 0. The maximum Gasteiger partial charge on any atom is 0.240 e. The van der Waals surface area contributed by atoms with Crippen LogP contribution in [0.5, 0.6) is 5.75 Å². The Morgan fingerprint density at radius 2 is 2.08 bits per heavy atom. The van der Waals surface area contributed by atoms with Crippen LogP contribution in [0.15, 0.2) is 35.4 Å². The third-order valence-electron chi connectivity index (χ3n) is 3.41. The predicted octanol–water partition coefficient (Wildman–Crippen LogP) is 5.32. The molecular formula is C18H20Cl2N2O2S. The van der Waals surface area contributed by atoms with Gasteiger partial charge < -0.3 is 4.74 Å². The first-order valence-electron chi connectivity index (χ1n) is 7.99. The Hall–Kier alpha value is -1.56. The van der Waals surface area contributed by atoms with E-state index in [0.29, 0.717) is 35.2 Å². The molecule has 7 heteroatoms. The summed E-state index contributed by atoms with van der Waals surface area (Å²) in [6.45, 7) is 4.39. The summed E-state index contributed by atoms with van der Waals surface area (Å²) in [4.78, 5) is 14.2. The third-order valence-corrected chi connectivity index (χ3v) is 5.28. The minimum Gasteiger partial charge on any atom is -0.492 e. The van der Waals surface area contributed by atoms with Crippen LogP contribution >= 0.6 is 34.5 Å². The number of hydrazone groups is 1. The van der Waals surface area contributed by atoms with E-state index in [-0.39, 0.29) is 5.91 Å². The number of nitrogens with zero attached hydrogens (tertiary/aromatic N) is 1. The van der Waals surface area contributed by atoms with Crippen LogP contribution in [-0.2, 0) is 11.2 Å². The number of hydrogen-bond acceptors (Lipinski definition) is 4. The van der Waals surface area contributed by atoms with Crippen molar-refractivity contribution in [1.82, 2.24) is 5.43 Å². The Morgan fingerprint density at radius 1 is 1.28 bits per heavy atom. The second kappa shape index (κ2) is 9.80. The lowest BCUT2D eigenvalue weighted by molar-refractivity contribution is -0.121. The van der Waals surface area contributed by atoms with Gasteiger partial charge in [0, 0.05) is 16.3 Å². The SMILES string of the molecule is CCc1ccc(C(C)=NNC(=O)CCCOc2ccc(Cl)cc2Cl)s1. The van der Waals surface area contributed by atoms with E-state index in [1.54, 1.807) is 29.5 Å². The quantitative estimate of drug-likeness (QED) is 0.371. The van der Waals surface area contributed by atoms with Gasteiger partial charge in [-0.05, 0) is 50.1 Å². The summed E-state index contributed by atoms with van der Waals surface area (Å²) in [5.41, 5.74) is 3.39. The van der Waals surface area contributed by atoms with E-state index < -0.39 is 0 Å². The summed E-state index contributed by atoms with van der Waals surface area (Å²) in [6.07, 6.45) is 1.90. The molecule has 1 N–H and O–H groups in total. The second-order valence-corrected chi connectivity index (χ2v) is 7.39. The number of hydrogen-bond donors (Lipinski definition) is 1. The molecule has 1 aromatic heterocycles. The number of aryl methyl sites for hydroxylation is 1. The molecule has 0 aliphatic rings. The highest BCUT2D eigenvalue weighted by atomic mass is 35.5. The number of benzene rings is 1. The van der Waals surface area contributed by atoms with Gasteiger partial charge in [0.1, 0.15) is 5.75 Å². The minimum absolute atomic E-state index is 0.141. The molecule has 1 amide bonds. The first-order valence-corrected chi connectivity index (χ1v) is 9.57. The summed E-state index contributed by atoms with van der Waals surface area (Å²) in [5.74, 6) is 0.419. The highest BCUT2D eigenvalue weighted by molar-refractivity contribution is 7.14. The molecule has 0 bridgehead atoms. The molecule has 0 fully saturated rings. The van der Waals surface area contributed by atoms with Crippen molar-refractivity contribution in [1.29, 1.82) is 0 Å². The number of ether oxygens (including phenoxy) is 1. The van der Waals surface area contributed by atoms with Crippen LogP contribution in [0.3, 0.4) is 0 Å². The van der Waals surface area contributed by atoms with Gasteiger partial charge in [-0.1, -0.05) is 30.1 Å². The second-order valence-electron chi connectivity index (χ2n) is 5.38. The largest absolute Gasteiger partial charge is 0.492 e. The van der Waals surface area contributed by atoms with E-state index in [1.165, 1.54) is 4.88 Å². The normalized spacial score (nSPS) is 11.4. The summed E-state index contributed by atoms with van der Waals surface area (Å²) >= 11 is 13.5. The van der Waals surface area contributed by atoms with Gasteiger partial charge in [0.25, 0.3) is 0 Å². The number of amides is 1. The molecule has 0 spiro atoms. The van der Waals surface area contributed by atoms with Gasteiger partial charge in [-0.3, -0.25) is 4.79 Å². The fourth-order valence-electron chi connectivity index (χ4n) is 2.03. The van der Waals surface area contributed by atoms with Crippen molar-refractivity contribution in [3.63, 3.8) is 0 Å². The number of rotatable bonds is 8. The first kappa shape index (κ1) is 19.8. The minimum atomic E-state index is -0.141.